The maximum atomic E-state index is 13.4. The highest BCUT2D eigenvalue weighted by molar-refractivity contribution is 7.94. The van der Waals surface area contributed by atoms with Gasteiger partial charge in [0.15, 0.2) is 11.3 Å². The number of methoxy groups -OCH3 is 1. The molecule has 11 heteroatoms. The van der Waals surface area contributed by atoms with Crippen LogP contribution >= 0.6 is 0 Å². The van der Waals surface area contributed by atoms with Crippen molar-refractivity contribution in [3.8, 4) is 11.4 Å². The Morgan fingerprint density at radius 3 is 2.52 bits per heavy atom. The second-order valence-corrected chi connectivity index (χ2v) is 9.06. The van der Waals surface area contributed by atoms with Gasteiger partial charge in [-0.25, -0.2) is 9.97 Å². The van der Waals surface area contributed by atoms with Crippen LogP contribution in [0.5, 0.6) is 5.75 Å². The van der Waals surface area contributed by atoms with Crippen LogP contribution in [-0.4, -0.2) is 73.7 Å². The minimum atomic E-state index is -3.34. The quantitative estimate of drug-likeness (QED) is 0.545. The van der Waals surface area contributed by atoms with E-state index in [4.69, 9.17) is 4.74 Å². The van der Waals surface area contributed by atoms with Crippen LogP contribution in [0.3, 0.4) is 0 Å². The number of benzene rings is 1. The zero-order chi connectivity index (χ0) is 22.2. The Hall–Kier alpha value is -3.15. The van der Waals surface area contributed by atoms with Crippen molar-refractivity contribution in [2.45, 2.75) is 0 Å². The number of ether oxygens (including phenoxy) is 1. The predicted molar refractivity (Wildman–Crippen MR) is 114 cm³/mol. The zero-order valence-corrected chi connectivity index (χ0v) is 17.9. The summed E-state index contributed by atoms with van der Waals surface area (Å²) in [6.45, 7) is 0.681. The third-order valence-electron chi connectivity index (χ3n) is 5.14. The molecular formula is C20H21N5O5S. The molecule has 3 heterocycles. The first-order valence-corrected chi connectivity index (χ1v) is 11.4. The van der Waals surface area contributed by atoms with Gasteiger partial charge in [0.1, 0.15) is 27.9 Å². The first kappa shape index (κ1) is 21.1. The SMILES string of the molecule is COc1ccccc1-n1c(=O)c(C(=O)N2CCN([S+](C)(=O)[O-])CC2)nc2cccnc21. The van der Waals surface area contributed by atoms with Gasteiger partial charge in [-0.3, -0.25) is 14.2 Å². The van der Waals surface area contributed by atoms with E-state index in [2.05, 4.69) is 9.97 Å². The van der Waals surface area contributed by atoms with E-state index in [0.29, 0.717) is 22.6 Å². The van der Waals surface area contributed by atoms with Crippen LogP contribution in [0.15, 0.2) is 47.4 Å². The number of hydrogen-bond donors (Lipinski definition) is 0. The topological polar surface area (TPSA) is 121 Å². The molecule has 1 aromatic carbocycles. The molecule has 10 nitrogen and oxygen atoms in total. The second-order valence-electron chi connectivity index (χ2n) is 7.07. The van der Waals surface area contributed by atoms with E-state index in [-0.39, 0.29) is 31.9 Å². The normalized spacial score (nSPS) is 16.8. The predicted octanol–water partition coefficient (Wildman–Crippen LogP) is 0.722. The van der Waals surface area contributed by atoms with E-state index >= 15 is 0 Å². The smallest absolute Gasteiger partial charge is 0.288 e. The lowest BCUT2D eigenvalue weighted by atomic mass is 10.2. The molecule has 3 aromatic rings. The van der Waals surface area contributed by atoms with Crippen molar-refractivity contribution in [2.24, 2.45) is 0 Å². The highest BCUT2D eigenvalue weighted by Crippen LogP contribution is 2.23. The van der Waals surface area contributed by atoms with Gasteiger partial charge in [0.05, 0.1) is 25.9 Å². The fourth-order valence-electron chi connectivity index (χ4n) is 3.57. The largest absolute Gasteiger partial charge is 0.598 e. The average molecular weight is 443 g/mol. The summed E-state index contributed by atoms with van der Waals surface area (Å²) < 4.78 is 31.5. The second kappa shape index (κ2) is 8.17. The van der Waals surface area contributed by atoms with Crippen molar-refractivity contribution in [3.63, 3.8) is 0 Å². The number of piperazine rings is 1. The summed E-state index contributed by atoms with van der Waals surface area (Å²) in [7, 11) is -1.84. The van der Waals surface area contributed by atoms with Crippen molar-refractivity contribution in [1.29, 1.82) is 0 Å². The Bertz CT molecular complexity index is 1250. The third kappa shape index (κ3) is 3.94. The molecule has 31 heavy (non-hydrogen) atoms. The van der Waals surface area contributed by atoms with Gasteiger partial charge in [0.2, 0.25) is 0 Å². The summed E-state index contributed by atoms with van der Waals surface area (Å²) in [5.74, 6) is -0.101. The van der Waals surface area contributed by atoms with Crippen molar-refractivity contribution < 1.29 is 18.3 Å². The van der Waals surface area contributed by atoms with Gasteiger partial charge in [-0.15, -0.1) is 4.31 Å². The molecule has 0 bridgehead atoms. The molecule has 1 amide bonds. The van der Waals surface area contributed by atoms with E-state index in [0.717, 1.165) is 6.26 Å². The van der Waals surface area contributed by atoms with Gasteiger partial charge in [-0.05, 0) is 24.3 Å². The maximum absolute atomic E-state index is 13.4. The molecular weight excluding hydrogens is 422 g/mol. The average Bonchev–Trinajstić information content (AvgIpc) is 2.78. The van der Waals surface area contributed by atoms with Crippen LogP contribution in [0.2, 0.25) is 0 Å². The van der Waals surface area contributed by atoms with Crippen LogP contribution < -0.4 is 10.3 Å². The van der Waals surface area contributed by atoms with E-state index < -0.39 is 21.9 Å². The number of amides is 1. The molecule has 1 aliphatic heterocycles. The Balaban J connectivity index is 1.80. The summed E-state index contributed by atoms with van der Waals surface area (Å²) in [5, 5.41) is 0. The first-order valence-electron chi connectivity index (χ1n) is 9.57. The molecule has 1 aliphatic rings. The van der Waals surface area contributed by atoms with E-state index in [1.165, 1.54) is 20.9 Å². The molecule has 0 saturated carbocycles. The number of aromatic nitrogens is 3. The number of pyridine rings is 1. The number of carbonyl (C=O) groups is 1. The molecule has 1 unspecified atom stereocenters. The summed E-state index contributed by atoms with van der Waals surface area (Å²) in [6, 6.07) is 10.3. The van der Waals surface area contributed by atoms with Crippen LogP contribution in [0.25, 0.3) is 16.9 Å². The summed E-state index contributed by atoms with van der Waals surface area (Å²) in [6.07, 6.45) is 2.68. The number of hydrogen-bond acceptors (Lipinski definition) is 7. The minimum absolute atomic E-state index is 0.167. The third-order valence-corrected chi connectivity index (χ3v) is 6.44. The maximum Gasteiger partial charge on any atom is 0.288 e. The number of para-hydroxylation sites is 2. The van der Waals surface area contributed by atoms with Crippen molar-refractivity contribution >= 4 is 27.5 Å². The van der Waals surface area contributed by atoms with Gasteiger partial charge in [-0.1, -0.05) is 16.3 Å². The minimum Gasteiger partial charge on any atom is -0.598 e. The molecule has 0 N–H and O–H groups in total. The molecule has 1 fully saturated rings. The molecule has 1 saturated heterocycles. The number of rotatable bonds is 4. The summed E-state index contributed by atoms with van der Waals surface area (Å²) in [5.41, 5.74) is 0.254. The lowest BCUT2D eigenvalue weighted by Gasteiger charge is -2.34. The fraction of sp³-hybridized carbons (Fsp3) is 0.300. The van der Waals surface area contributed by atoms with Gasteiger partial charge in [0.25, 0.3) is 11.5 Å². The summed E-state index contributed by atoms with van der Waals surface area (Å²) >= 11 is 0. The fourth-order valence-corrected chi connectivity index (χ4v) is 4.39. The Kier molecular flexibility index (Phi) is 5.56. The van der Waals surface area contributed by atoms with E-state index in [1.54, 1.807) is 42.6 Å². The number of carbonyl (C=O) groups excluding carboxylic acids is 1. The first-order chi connectivity index (χ1) is 14.8. The molecule has 162 valence electrons. The Morgan fingerprint density at radius 1 is 1.13 bits per heavy atom. The Labute approximate surface area is 179 Å². The molecule has 4 rings (SSSR count). The lowest BCUT2D eigenvalue weighted by Crippen LogP contribution is -2.52. The van der Waals surface area contributed by atoms with Crippen LogP contribution in [-0.2, 0) is 14.6 Å². The molecule has 1 atom stereocenters. The monoisotopic (exact) mass is 443 g/mol. The standard InChI is InChI=1S/C20H21N5O5S/c1-30-16-8-4-3-7-15(16)25-18-14(6-5-9-21-18)22-17(20(25)27)19(26)23-10-12-24(13-11-23)31(2,28)29/h3-9H,10-13H2,1-2H3. The van der Waals surface area contributed by atoms with Crippen molar-refractivity contribution in [3.05, 3.63) is 58.6 Å². The summed E-state index contributed by atoms with van der Waals surface area (Å²) in [4.78, 5) is 36.6. The molecule has 0 spiro atoms. The van der Waals surface area contributed by atoms with Crippen LogP contribution in [0.1, 0.15) is 10.5 Å². The lowest BCUT2D eigenvalue weighted by molar-refractivity contribution is 0.0686. The number of sulfonamides is 1. The van der Waals surface area contributed by atoms with Crippen LogP contribution in [0.4, 0.5) is 0 Å². The van der Waals surface area contributed by atoms with E-state index in [9.17, 15) is 18.4 Å². The molecule has 0 radical (unpaired) electrons. The molecule has 2 aromatic heterocycles. The Morgan fingerprint density at radius 2 is 1.84 bits per heavy atom. The highest BCUT2D eigenvalue weighted by atomic mass is 32.3. The van der Waals surface area contributed by atoms with Gasteiger partial charge in [0, 0.05) is 19.3 Å². The highest BCUT2D eigenvalue weighted by Gasteiger charge is 2.32. The molecule has 0 aliphatic carbocycles. The van der Waals surface area contributed by atoms with Gasteiger partial charge in [-0.2, -0.15) is 0 Å². The number of nitrogens with zero attached hydrogens (tertiary/aromatic N) is 5. The van der Waals surface area contributed by atoms with Gasteiger partial charge >= 0.3 is 0 Å². The van der Waals surface area contributed by atoms with Crippen molar-refractivity contribution in [1.82, 2.24) is 23.7 Å². The van der Waals surface area contributed by atoms with Gasteiger partial charge < -0.3 is 14.2 Å². The van der Waals surface area contributed by atoms with Crippen LogP contribution in [0, 0.1) is 0 Å². The van der Waals surface area contributed by atoms with E-state index in [1.807, 2.05) is 0 Å². The zero-order valence-electron chi connectivity index (χ0n) is 17.1. The number of fused-ring (bicyclic) bond motifs is 1. The van der Waals surface area contributed by atoms with Crippen molar-refractivity contribution in [2.75, 3.05) is 39.5 Å².